The molecular weight excluding hydrogens is 251 g/mol. The molecule has 0 saturated carbocycles. The number of alkyl halides is 3. The van der Waals surface area contributed by atoms with Crippen LogP contribution in [0.2, 0.25) is 0 Å². The van der Waals surface area contributed by atoms with Crippen LogP contribution in [0.4, 0.5) is 18.0 Å². The van der Waals surface area contributed by atoms with Crippen molar-refractivity contribution in [1.29, 1.82) is 0 Å². The summed E-state index contributed by atoms with van der Waals surface area (Å²) in [5.41, 5.74) is -0.732. The Labute approximate surface area is 92.9 Å². The van der Waals surface area contributed by atoms with Crippen LogP contribution < -0.4 is 4.72 Å². The second kappa shape index (κ2) is 4.76. The summed E-state index contributed by atoms with van der Waals surface area (Å²) in [4.78, 5) is 10.8. The highest BCUT2D eigenvalue weighted by Gasteiger charge is 2.29. The highest BCUT2D eigenvalue weighted by atomic mass is 35.5. The van der Waals surface area contributed by atoms with Crippen molar-refractivity contribution >= 4 is 28.9 Å². The van der Waals surface area contributed by atoms with Crippen LogP contribution in [0.5, 0.6) is 0 Å². The van der Waals surface area contributed by atoms with Crippen LogP contribution in [-0.4, -0.2) is 5.37 Å². The van der Waals surface area contributed by atoms with Crippen LogP contribution in [0, 0.1) is 0 Å². The number of rotatable bonds is 2. The minimum Gasteiger partial charge on any atom is -0.282 e. The van der Waals surface area contributed by atoms with Crippen molar-refractivity contribution in [1.82, 2.24) is 4.72 Å². The van der Waals surface area contributed by atoms with Gasteiger partial charge in [-0.2, -0.15) is 13.2 Å². The van der Waals surface area contributed by atoms with E-state index in [0.29, 0.717) is 4.90 Å². The van der Waals surface area contributed by atoms with Crippen LogP contribution in [-0.2, 0) is 6.18 Å². The van der Waals surface area contributed by atoms with Gasteiger partial charge in [-0.15, -0.1) is 0 Å². The van der Waals surface area contributed by atoms with Gasteiger partial charge < -0.3 is 0 Å². The van der Waals surface area contributed by atoms with Gasteiger partial charge in [-0.1, -0.05) is 0 Å². The topological polar surface area (TPSA) is 29.1 Å². The maximum absolute atomic E-state index is 12.1. The monoisotopic (exact) mass is 255 g/mol. The van der Waals surface area contributed by atoms with E-state index in [4.69, 9.17) is 11.6 Å². The van der Waals surface area contributed by atoms with E-state index in [0.717, 1.165) is 24.1 Å². The third-order valence-electron chi connectivity index (χ3n) is 1.43. The minimum atomic E-state index is -4.35. The highest BCUT2D eigenvalue weighted by molar-refractivity contribution is 7.98. The van der Waals surface area contributed by atoms with Gasteiger partial charge in [-0.3, -0.25) is 9.52 Å². The summed E-state index contributed by atoms with van der Waals surface area (Å²) in [6, 6.07) is 4.37. The summed E-state index contributed by atoms with van der Waals surface area (Å²) in [7, 11) is 0. The van der Waals surface area contributed by atoms with Gasteiger partial charge in [0.25, 0.3) is 0 Å². The predicted octanol–water partition coefficient (Wildman–Crippen LogP) is 3.66. The first-order chi connectivity index (χ1) is 6.89. The lowest BCUT2D eigenvalue weighted by molar-refractivity contribution is -0.137. The summed E-state index contributed by atoms with van der Waals surface area (Å²) in [6.45, 7) is 0. The van der Waals surface area contributed by atoms with Gasteiger partial charge in [0, 0.05) is 4.90 Å². The predicted molar refractivity (Wildman–Crippen MR) is 51.7 cm³/mol. The largest absolute Gasteiger partial charge is 0.416 e. The highest BCUT2D eigenvalue weighted by Crippen LogP contribution is 2.30. The number of hydrogen-bond acceptors (Lipinski definition) is 2. The van der Waals surface area contributed by atoms with E-state index in [9.17, 15) is 18.0 Å². The Morgan fingerprint density at radius 3 is 2.20 bits per heavy atom. The first kappa shape index (κ1) is 12.2. The Hall–Kier alpha value is -0.880. The Morgan fingerprint density at radius 2 is 1.80 bits per heavy atom. The third-order valence-corrected chi connectivity index (χ3v) is 2.43. The van der Waals surface area contributed by atoms with Crippen molar-refractivity contribution in [3.8, 4) is 0 Å². The number of benzene rings is 1. The Bertz CT molecular complexity index is 352. The first-order valence-electron chi connectivity index (χ1n) is 3.69. The van der Waals surface area contributed by atoms with Gasteiger partial charge in [-0.05, 0) is 47.8 Å². The standard InChI is InChI=1S/C8H5ClF3NOS/c9-7(14)13-15-6-3-1-5(2-4-6)8(10,11)12/h1-4H,(H,13,14). The number of carbonyl (C=O) groups is 1. The van der Waals surface area contributed by atoms with E-state index in [1.54, 1.807) is 0 Å². The molecule has 0 aromatic heterocycles. The molecule has 0 aliphatic heterocycles. The molecule has 1 aromatic rings. The lowest BCUT2D eigenvalue weighted by Gasteiger charge is -2.06. The number of hydrogen-bond donors (Lipinski definition) is 1. The van der Waals surface area contributed by atoms with Crippen molar-refractivity contribution in [3.63, 3.8) is 0 Å². The Morgan fingerprint density at radius 1 is 1.27 bits per heavy atom. The van der Waals surface area contributed by atoms with E-state index >= 15 is 0 Å². The molecule has 0 radical (unpaired) electrons. The maximum atomic E-state index is 12.1. The van der Waals surface area contributed by atoms with Crippen LogP contribution >= 0.6 is 23.5 Å². The second-order valence-electron chi connectivity index (χ2n) is 2.50. The fourth-order valence-corrected chi connectivity index (χ4v) is 1.40. The molecule has 0 saturated heterocycles. The fraction of sp³-hybridized carbons (Fsp3) is 0.125. The van der Waals surface area contributed by atoms with Crippen molar-refractivity contribution in [2.45, 2.75) is 11.1 Å². The Balaban J connectivity index is 2.69. The lowest BCUT2D eigenvalue weighted by atomic mass is 10.2. The van der Waals surface area contributed by atoms with E-state index in [-0.39, 0.29) is 0 Å². The van der Waals surface area contributed by atoms with Crippen LogP contribution in [0.15, 0.2) is 29.2 Å². The fourth-order valence-electron chi connectivity index (χ4n) is 0.811. The summed E-state index contributed by atoms with van der Waals surface area (Å²) >= 11 is 5.83. The van der Waals surface area contributed by atoms with E-state index in [1.165, 1.54) is 12.1 Å². The van der Waals surface area contributed by atoms with E-state index < -0.39 is 17.1 Å². The van der Waals surface area contributed by atoms with Gasteiger partial charge in [-0.25, -0.2) is 0 Å². The zero-order chi connectivity index (χ0) is 11.5. The molecule has 0 unspecified atom stereocenters. The summed E-state index contributed by atoms with van der Waals surface area (Å²) in [5.74, 6) is 0. The third kappa shape index (κ3) is 4.01. The van der Waals surface area contributed by atoms with Crippen molar-refractivity contribution in [2.75, 3.05) is 0 Å². The van der Waals surface area contributed by atoms with Crippen LogP contribution in [0.3, 0.4) is 0 Å². The number of halogens is 4. The average molecular weight is 256 g/mol. The molecule has 0 aliphatic rings. The zero-order valence-electron chi connectivity index (χ0n) is 7.14. The van der Waals surface area contributed by atoms with Crippen molar-refractivity contribution in [2.24, 2.45) is 0 Å². The second-order valence-corrected chi connectivity index (χ2v) is 3.72. The molecule has 82 valence electrons. The molecule has 2 nitrogen and oxygen atoms in total. The zero-order valence-corrected chi connectivity index (χ0v) is 8.71. The SMILES string of the molecule is O=C(Cl)NSc1ccc(C(F)(F)F)cc1. The molecule has 1 N–H and O–H groups in total. The van der Waals surface area contributed by atoms with E-state index in [1.807, 2.05) is 0 Å². The number of carbonyl (C=O) groups excluding carboxylic acids is 1. The molecule has 15 heavy (non-hydrogen) atoms. The smallest absolute Gasteiger partial charge is 0.282 e. The Kier molecular flexibility index (Phi) is 3.87. The molecule has 1 amide bonds. The van der Waals surface area contributed by atoms with Crippen LogP contribution in [0.1, 0.15) is 5.56 Å². The molecule has 7 heteroatoms. The molecule has 1 aromatic carbocycles. The maximum Gasteiger partial charge on any atom is 0.416 e. The van der Waals surface area contributed by atoms with Gasteiger partial charge in [0.1, 0.15) is 0 Å². The number of nitrogens with one attached hydrogen (secondary N) is 1. The molecule has 0 heterocycles. The van der Waals surface area contributed by atoms with Crippen LogP contribution in [0.25, 0.3) is 0 Å². The average Bonchev–Trinajstić information content (AvgIpc) is 2.14. The molecule has 0 bridgehead atoms. The number of amides is 1. The molecule has 0 atom stereocenters. The summed E-state index contributed by atoms with van der Waals surface area (Å²) < 4.78 is 38.6. The summed E-state index contributed by atoms with van der Waals surface area (Å²) in [6.07, 6.45) is -4.35. The normalized spacial score (nSPS) is 11.2. The van der Waals surface area contributed by atoms with E-state index in [2.05, 4.69) is 4.72 Å². The lowest BCUT2D eigenvalue weighted by Crippen LogP contribution is -2.06. The van der Waals surface area contributed by atoms with Crippen molar-refractivity contribution in [3.05, 3.63) is 29.8 Å². The minimum absolute atomic E-state index is 0.469. The molecule has 0 spiro atoms. The van der Waals surface area contributed by atoms with Gasteiger partial charge in [0.15, 0.2) is 0 Å². The first-order valence-corrected chi connectivity index (χ1v) is 4.88. The summed E-state index contributed by atoms with van der Waals surface area (Å²) in [5, 5.41) is -0.778. The van der Waals surface area contributed by atoms with Crippen molar-refractivity contribution < 1.29 is 18.0 Å². The molecule has 1 rings (SSSR count). The quantitative estimate of drug-likeness (QED) is 0.496. The van der Waals surface area contributed by atoms with Gasteiger partial charge in [0.2, 0.25) is 0 Å². The van der Waals surface area contributed by atoms with Gasteiger partial charge in [0.05, 0.1) is 5.56 Å². The molecule has 0 fully saturated rings. The molecule has 0 aliphatic carbocycles. The molecular formula is C8H5ClF3NOS. The van der Waals surface area contributed by atoms with Gasteiger partial charge >= 0.3 is 11.5 Å².